The quantitative estimate of drug-likeness (QED) is 0.640. The van der Waals surface area contributed by atoms with Gasteiger partial charge in [-0.2, -0.15) is 0 Å². The van der Waals surface area contributed by atoms with E-state index in [0.717, 1.165) is 54.7 Å². The molecule has 2 heterocycles. The average Bonchev–Trinajstić information content (AvgIpc) is 3.23. The minimum atomic E-state index is -0.0383. The van der Waals surface area contributed by atoms with Crippen LogP contribution in [0.4, 0.5) is 11.4 Å². The van der Waals surface area contributed by atoms with E-state index in [9.17, 15) is 4.79 Å². The average molecular weight is 421 g/mol. The lowest BCUT2D eigenvalue weighted by Crippen LogP contribution is -2.46. The summed E-state index contributed by atoms with van der Waals surface area (Å²) < 4.78 is 0. The van der Waals surface area contributed by atoms with Crippen molar-refractivity contribution in [2.45, 2.75) is 20.3 Å². The molecule has 0 bridgehead atoms. The number of thiazole rings is 1. The molecule has 0 unspecified atom stereocenters. The first-order valence-corrected chi connectivity index (χ1v) is 11.4. The number of benzene rings is 2. The van der Waals surface area contributed by atoms with E-state index in [1.807, 2.05) is 41.8 Å². The molecule has 1 saturated heterocycles. The fraction of sp³-hybridized carbons (Fsp3) is 0.333. The molecule has 1 aliphatic heterocycles. The van der Waals surface area contributed by atoms with Crippen molar-refractivity contribution in [1.29, 1.82) is 0 Å². The summed E-state index contributed by atoms with van der Waals surface area (Å²) in [5.74, 6) is -0.0383. The third-order valence-corrected chi connectivity index (χ3v) is 6.50. The predicted octanol–water partition coefficient (Wildman–Crippen LogP) is 4.44. The Hall–Kier alpha value is -2.70. The Bertz CT molecular complexity index is 993. The van der Waals surface area contributed by atoms with E-state index in [1.54, 1.807) is 11.3 Å². The topological polar surface area (TPSA) is 48.5 Å². The Morgan fingerprint density at radius 3 is 2.57 bits per heavy atom. The minimum absolute atomic E-state index is 0.0383. The molecule has 156 valence electrons. The number of piperazine rings is 1. The van der Waals surface area contributed by atoms with Gasteiger partial charge in [-0.3, -0.25) is 4.79 Å². The van der Waals surface area contributed by atoms with Crippen LogP contribution in [0.2, 0.25) is 0 Å². The number of hydrogen-bond donors (Lipinski definition) is 1. The number of hydrogen-bond acceptors (Lipinski definition) is 5. The van der Waals surface area contributed by atoms with Crippen LogP contribution in [0.25, 0.3) is 10.6 Å². The predicted molar refractivity (Wildman–Crippen MR) is 125 cm³/mol. The van der Waals surface area contributed by atoms with Crippen LogP contribution in [-0.4, -0.2) is 48.5 Å². The van der Waals surface area contributed by atoms with Gasteiger partial charge in [0.25, 0.3) is 0 Å². The molecular weight excluding hydrogens is 392 g/mol. The zero-order valence-corrected chi connectivity index (χ0v) is 18.4. The second-order valence-electron chi connectivity index (χ2n) is 7.66. The molecule has 1 fully saturated rings. The molecular formula is C24H28N4OS. The zero-order valence-electron chi connectivity index (χ0n) is 17.6. The van der Waals surface area contributed by atoms with Crippen LogP contribution < -0.4 is 10.2 Å². The summed E-state index contributed by atoms with van der Waals surface area (Å²) in [5.41, 5.74) is 5.18. The van der Waals surface area contributed by atoms with E-state index < -0.39 is 0 Å². The number of anilines is 2. The molecule has 0 aliphatic carbocycles. The third-order valence-electron chi connectivity index (χ3n) is 5.55. The van der Waals surface area contributed by atoms with Gasteiger partial charge in [0, 0.05) is 48.5 Å². The number of likely N-dealkylation sites (N-methyl/N-ethyl adjacent to an activating group) is 1. The first-order chi connectivity index (χ1) is 14.6. The van der Waals surface area contributed by atoms with Crippen molar-refractivity contribution >= 4 is 28.6 Å². The number of nitrogens with one attached hydrogen (secondary N) is 1. The Labute approximate surface area is 182 Å². The fourth-order valence-corrected chi connectivity index (χ4v) is 4.69. The monoisotopic (exact) mass is 420 g/mol. The summed E-state index contributed by atoms with van der Waals surface area (Å²) >= 11 is 1.57. The number of carbonyl (C=O) groups excluding carboxylic acids is 1. The van der Waals surface area contributed by atoms with Gasteiger partial charge in [-0.15, -0.1) is 11.3 Å². The lowest BCUT2D eigenvalue weighted by molar-refractivity contribution is -0.115. The largest absolute Gasteiger partial charge is 0.369 e. The van der Waals surface area contributed by atoms with Gasteiger partial charge in [-0.25, -0.2) is 4.98 Å². The number of amides is 1. The van der Waals surface area contributed by atoms with Crippen molar-refractivity contribution in [3.63, 3.8) is 0 Å². The van der Waals surface area contributed by atoms with Crippen LogP contribution >= 0.6 is 11.3 Å². The molecule has 1 aliphatic rings. The number of aryl methyl sites for hydroxylation is 1. The van der Waals surface area contributed by atoms with Gasteiger partial charge in [-0.05, 0) is 37.2 Å². The van der Waals surface area contributed by atoms with E-state index in [0.29, 0.717) is 0 Å². The minimum Gasteiger partial charge on any atom is -0.369 e. The zero-order chi connectivity index (χ0) is 20.9. The first-order valence-electron chi connectivity index (χ1n) is 10.5. The second-order valence-corrected chi connectivity index (χ2v) is 8.52. The van der Waals surface area contributed by atoms with Crippen LogP contribution in [0.15, 0.2) is 53.9 Å². The van der Waals surface area contributed by atoms with Crippen molar-refractivity contribution in [3.05, 3.63) is 65.2 Å². The van der Waals surface area contributed by atoms with Gasteiger partial charge in [0.2, 0.25) is 5.91 Å². The summed E-state index contributed by atoms with van der Waals surface area (Å²) in [4.78, 5) is 22.1. The molecule has 1 N–H and O–H groups in total. The number of nitrogens with zero attached hydrogens (tertiary/aromatic N) is 3. The molecule has 3 aromatic rings. The third kappa shape index (κ3) is 4.89. The highest BCUT2D eigenvalue weighted by Crippen LogP contribution is 2.26. The van der Waals surface area contributed by atoms with Crippen molar-refractivity contribution in [3.8, 4) is 10.6 Å². The Kier molecular flexibility index (Phi) is 6.45. The van der Waals surface area contributed by atoms with Gasteiger partial charge in [0.05, 0.1) is 12.1 Å². The van der Waals surface area contributed by atoms with Crippen LogP contribution in [0.3, 0.4) is 0 Å². The maximum atomic E-state index is 12.5. The standard InChI is InChI=1S/C24H28N4OS/c1-3-27-11-13-28(14-12-27)22-10-9-20(15-18(22)2)25-23(29)16-21-17-30-24(26-21)19-7-5-4-6-8-19/h4-10,15,17H,3,11-14,16H2,1-2H3,(H,25,29). The lowest BCUT2D eigenvalue weighted by atomic mass is 10.1. The Morgan fingerprint density at radius 1 is 1.10 bits per heavy atom. The maximum Gasteiger partial charge on any atom is 0.230 e. The van der Waals surface area contributed by atoms with E-state index in [4.69, 9.17) is 0 Å². The summed E-state index contributed by atoms with van der Waals surface area (Å²) in [6.45, 7) is 9.75. The number of carbonyl (C=O) groups is 1. The van der Waals surface area contributed by atoms with Crippen molar-refractivity contribution in [1.82, 2.24) is 9.88 Å². The van der Waals surface area contributed by atoms with Crippen LogP contribution in [0, 0.1) is 6.92 Å². The molecule has 1 amide bonds. The molecule has 5 nitrogen and oxygen atoms in total. The van der Waals surface area contributed by atoms with E-state index in [-0.39, 0.29) is 12.3 Å². The molecule has 2 aromatic carbocycles. The smallest absolute Gasteiger partial charge is 0.230 e. The van der Waals surface area contributed by atoms with Crippen molar-refractivity contribution in [2.24, 2.45) is 0 Å². The Balaban J connectivity index is 1.36. The highest BCUT2D eigenvalue weighted by atomic mass is 32.1. The number of rotatable bonds is 6. The molecule has 4 rings (SSSR count). The van der Waals surface area contributed by atoms with Gasteiger partial charge in [0.15, 0.2) is 0 Å². The van der Waals surface area contributed by atoms with Gasteiger partial charge >= 0.3 is 0 Å². The molecule has 0 radical (unpaired) electrons. The van der Waals surface area contributed by atoms with E-state index in [2.05, 4.69) is 46.1 Å². The highest BCUT2D eigenvalue weighted by Gasteiger charge is 2.17. The first kappa shape index (κ1) is 20.6. The van der Waals surface area contributed by atoms with Crippen LogP contribution in [0.5, 0.6) is 0 Å². The summed E-state index contributed by atoms with van der Waals surface area (Å²) in [7, 11) is 0. The van der Waals surface area contributed by atoms with Crippen molar-refractivity contribution in [2.75, 3.05) is 42.9 Å². The van der Waals surface area contributed by atoms with Gasteiger partial charge in [-0.1, -0.05) is 37.3 Å². The molecule has 0 saturated carbocycles. The molecule has 1 aromatic heterocycles. The summed E-state index contributed by atoms with van der Waals surface area (Å²) in [6, 6.07) is 16.3. The molecule has 0 atom stereocenters. The van der Waals surface area contributed by atoms with Gasteiger partial charge in [0.1, 0.15) is 5.01 Å². The SMILES string of the molecule is CCN1CCN(c2ccc(NC(=O)Cc3csc(-c4ccccc4)n3)cc2C)CC1. The van der Waals surface area contributed by atoms with Crippen molar-refractivity contribution < 1.29 is 4.79 Å². The van der Waals surface area contributed by atoms with E-state index in [1.165, 1.54) is 11.3 Å². The summed E-state index contributed by atoms with van der Waals surface area (Å²) in [5, 5.41) is 5.94. The van der Waals surface area contributed by atoms with Crippen LogP contribution in [0.1, 0.15) is 18.2 Å². The fourth-order valence-electron chi connectivity index (χ4n) is 3.86. The summed E-state index contributed by atoms with van der Waals surface area (Å²) in [6.07, 6.45) is 0.281. The van der Waals surface area contributed by atoms with Crippen LogP contribution in [-0.2, 0) is 11.2 Å². The molecule has 6 heteroatoms. The Morgan fingerprint density at radius 2 is 1.87 bits per heavy atom. The molecule has 0 spiro atoms. The lowest BCUT2D eigenvalue weighted by Gasteiger charge is -2.36. The molecule has 30 heavy (non-hydrogen) atoms. The maximum absolute atomic E-state index is 12.5. The normalized spacial score (nSPS) is 14.7. The second kappa shape index (κ2) is 9.41. The highest BCUT2D eigenvalue weighted by molar-refractivity contribution is 7.13. The van der Waals surface area contributed by atoms with E-state index >= 15 is 0 Å². The number of aromatic nitrogens is 1. The van der Waals surface area contributed by atoms with Gasteiger partial charge < -0.3 is 15.1 Å².